The number of aryl methyl sites for hydroxylation is 1. The molecule has 1 unspecified atom stereocenters. The summed E-state index contributed by atoms with van der Waals surface area (Å²) in [4.78, 5) is 10.8. The van der Waals surface area contributed by atoms with Crippen LogP contribution in [0.3, 0.4) is 0 Å². The van der Waals surface area contributed by atoms with Crippen molar-refractivity contribution < 1.29 is 15.0 Å². The topological polar surface area (TPSA) is 57.5 Å². The van der Waals surface area contributed by atoms with Crippen molar-refractivity contribution >= 4 is 12.0 Å². The van der Waals surface area contributed by atoms with Gasteiger partial charge in [0.25, 0.3) is 0 Å². The van der Waals surface area contributed by atoms with Gasteiger partial charge < -0.3 is 10.2 Å². The number of carbonyl (C=O) groups is 1. The van der Waals surface area contributed by atoms with Gasteiger partial charge in [-0.2, -0.15) is 0 Å². The van der Waals surface area contributed by atoms with E-state index in [1.807, 2.05) is 24.3 Å². The number of hydrogen-bond donors (Lipinski definition) is 2. The Balaban J connectivity index is 0.000000220. The molecule has 1 atom stereocenters. The van der Waals surface area contributed by atoms with Crippen LogP contribution < -0.4 is 0 Å². The van der Waals surface area contributed by atoms with Crippen LogP contribution in [0.25, 0.3) is 6.08 Å². The lowest BCUT2D eigenvalue weighted by atomic mass is 9.95. The van der Waals surface area contributed by atoms with E-state index in [0.29, 0.717) is 6.42 Å². The predicted molar refractivity (Wildman–Crippen MR) is 117 cm³/mol. The number of aliphatic hydroxyl groups excluding tert-OH is 1. The number of carboxylic acid groups (broad SMARTS) is 1. The lowest BCUT2D eigenvalue weighted by molar-refractivity contribution is 0.0697. The summed E-state index contributed by atoms with van der Waals surface area (Å²) in [7, 11) is 0. The summed E-state index contributed by atoms with van der Waals surface area (Å²) in [5.74, 6) is -0.937. The summed E-state index contributed by atoms with van der Waals surface area (Å²) in [6.45, 7) is 2.06. The molecule has 3 heteroatoms. The number of carboxylic acids is 1. The molecule has 0 saturated carbocycles. The Labute approximate surface area is 172 Å². The summed E-state index contributed by atoms with van der Waals surface area (Å²) in [6.07, 6.45) is 6.29. The van der Waals surface area contributed by atoms with Gasteiger partial charge in [-0.05, 0) is 52.8 Å². The normalized spacial score (nSPS) is 12.6. The standard InChI is InChI=1S/C17H18O3.C9H8/c1-2-13-5-3-4-6-15(13)16(18)11-12-7-9-14(10-8-12)17(19)20;1-2-5-9-7-3-6-8(9)4-1/h3-10,16,18H,2,11H2,1H3,(H,19,20);1-6H,7H2. The molecule has 148 valence electrons. The fourth-order valence-corrected chi connectivity index (χ4v) is 3.49. The third-order valence-electron chi connectivity index (χ3n) is 5.12. The smallest absolute Gasteiger partial charge is 0.335 e. The van der Waals surface area contributed by atoms with E-state index in [-0.39, 0.29) is 5.56 Å². The number of hydrogen-bond acceptors (Lipinski definition) is 2. The number of aliphatic hydroxyl groups is 1. The van der Waals surface area contributed by atoms with Gasteiger partial charge in [-0.25, -0.2) is 4.79 Å². The Bertz CT molecular complexity index is 987. The van der Waals surface area contributed by atoms with Gasteiger partial charge in [-0.15, -0.1) is 0 Å². The van der Waals surface area contributed by atoms with Gasteiger partial charge >= 0.3 is 5.97 Å². The van der Waals surface area contributed by atoms with E-state index in [0.717, 1.165) is 29.5 Å². The molecule has 3 nitrogen and oxygen atoms in total. The molecule has 0 fully saturated rings. The number of allylic oxidation sites excluding steroid dienone is 1. The zero-order valence-electron chi connectivity index (χ0n) is 16.6. The molecule has 3 aromatic rings. The first-order chi connectivity index (χ1) is 14.1. The quantitative estimate of drug-likeness (QED) is 0.610. The highest BCUT2D eigenvalue weighted by molar-refractivity contribution is 5.87. The minimum atomic E-state index is -0.937. The van der Waals surface area contributed by atoms with E-state index >= 15 is 0 Å². The van der Waals surface area contributed by atoms with Gasteiger partial charge in [0.2, 0.25) is 0 Å². The second-order valence-corrected chi connectivity index (χ2v) is 7.08. The van der Waals surface area contributed by atoms with E-state index in [9.17, 15) is 9.90 Å². The van der Waals surface area contributed by atoms with Gasteiger partial charge in [-0.1, -0.05) is 79.7 Å². The van der Waals surface area contributed by atoms with Crippen LogP contribution in [0.15, 0.2) is 78.9 Å². The van der Waals surface area contributed by atoms with Crippen LogP contribution in [0.2, 0.25) is 0 Å². The Morgan fingerprint density at radius 1 is 0.966 bits per heavy atom. The highest BCUT2D eigenvalue weighted by Crippen LogP contribution is 2.22. The second kappa shape index (κ2) is 9.85. The molecule has 0 amide bonds. The molecule has 0 spiro atoms. The van der Waals surface area contributed by atoms with Crippen LogP contribution in [0.5, 0.6) is 0 Å². The fourth-order valence-electron chi connectivity index (χ4n) is 3.49. The average Bonchev–Trinajstić information content (AvgIpc) is 3.23. The molecule has 2 N–H and O–H groups in total. The van der Waals surface area contributed by atoms with Crippen molar-refractivity contribution in [1.82, 2.24) is 0 Å². The molecule has 0 saturated heterocycles. The lowest BCUT2D eigenvalue weighted by Crippen LogP contribution is -2.05. The fraction of sp³-hybridized carbons (Fsp3) is 0.192. The van der Waals surface area contributed by atoms with Crippen molar-refractivity contribution in [3.63, 3.8) is 0 Å². The molecule has 0 aliphatic heterocycles. The highest BCUT2D eigenvalue weighted by atomic mass is 16.4. The van der Waals surface area contributed by atoms with Crippen molar-refractivity contribution in [2.45, 2.75) is 32.3 Å². The maximum atomic E-state index is 10.8. The molecule has 29 heavy (non-hydrogen) atoms. The van der Waals surface area contributed by atoms with Crippen LogP contribution in [-0.4, -0.2) is 16.2 Å². The number of aromatic carboxylic acids is 1. The van der Waals surface area contributed by atoms with Crippen LogP contribution in [-0.2, 0) is 19.3 Å². The number of rotatable bonds is 5. The SMILES string of the molecule is C1=Cc2ccccc2C1.CCc1ccccc1C(O)Cc1ccc(C(=O)O)cc1. The van der Waals surface area contributed by atoms with E-state index in [1.54, 1.807) is 24.3 Å². The van der Waals surface area contributed by atoms with E-state index in [4.69, 9.17) is 5.11 Å². The summed E-state index contributed by atoms with van der Waals surface area (Å²) in [5.41, 5.74) is 6.11. The molecular formula is C26H26O3. The lowest BCUT2D eigenvalue weighted by Gasteiger charge is -2.15. The van der Waals surface area contributed by atoms with Crippen molar-refractivity contribution in [2.24, 2.45) is 0 Å². The zero-order chi connectivity index (χ0) is 20.6. The number of fused-ring (bicyclic) bond motifs is 1. The van der Waals surface area contributed by atoms with Crippen molar-refractivity contribution in [3.05, 3.63) is 112 Å². The van der Waals surface area contributed by atoms with E-state index in [1.165, 1.54) is 11.1 Å². The summed E-state index contributed by atoms with van der Waals surface area (Å²) < 4.78 is 0. The van der Waals surface area contributed by atoms with Gasteiger partial charge in [-0.3, -0.25) is 0 Å². The molecule has 0 aromatic heterocycles. The molecule has 4 rings (SSSR count). The van der Waals surface area contributed by atoms with Gasteiger partial charge in [0.05, 0.1) is 11.7 Å². The largest absolute Gasteiger partial charge is 0.478 e. The summed E-state index contributed by atoms with van der Waals surface area (Å²) in [6, 6.07) is 23.0. The molecule has 0 radical (unpaired) electrons. The Morgan fingerprint density at radius 3 is 2.34 bits per heavy atom. The van der Waals surface area contributed by atoms with Crippen LogP contribution in [0.1, 0.15) is 51.2 Å². The van der Waals surface area contributed by atoms with Crippen molar-refractivity contribution in [2.75, 3.05) is 0 Å². The average molecular weight is 386 g/mol. The second-order valence-electron chi connectivity index (χ2n) is 7.08. The molecule has 0 bridgehead atoms. The van der Waals surface area contributed by atoms with E-state index in [2.05, 4.69) is 43.3 Å². The Morgan fingerprint density at radius 2 is 1.66 bits per heavy atom. The third-order valence-corrected chi connectivity index (χ3v) is 5.12. The minimum Gasteiger partial charge on any atom is -0.478 e. The molecule has 3 aromatic carbocycles. The van der Waals surface area contributed by atoms with E-state index < -0.39 is 12.1 Å². The van der Waals surface area contributed by atoms with Crippen LogP contribution >= 0.6 is 0 Å². The first-order valence-electron chi connectivity index (χ1n) is 9.91. The maximum Gasteiger partial charge on any atom is 0.335 e. The number of benzene rings is 3. The van der Waals surface area contributed by atoms with Crippen LogP contribution in [0.4, 0.5) is 0 Å². The molecule has 1 aliphatic rings. The monoisotopic (exact) mass is 386 g/mol. The Kier molecular flexibility index (Phi) is 6.99. The highest BCUT2D eigenvalue weighted by Gasteiger charge is 2.12. The molecule has 1 aliphatic carbocycles. The first-order valence-corrected chi connectivity index (χ1v) is 9.91. The van der Waals surface area contributed by atoms with Gasteiger partial charge in [0.15, 0.2) is 0 Å². The maximum absolute atomic E-state index is 10.8. The molecular weight excluding hydrogens is 360 g/mol. The summed E-state index contributed by atoms with van der Waals surface area (Å²) >= 11 is 0. The predicted octanol–water partition coefficient (Wildman–Crippen LogP) is 5.48. The van der Waals surface area contributed by atoms with Crippen LogP contribution in [0, 0.1) is 0 Å². The van der Waals surface area contributed by atoms with Gasteiger partial charge in [0.1, 0.15) is 0 Å². The Hall–Kier alpha value is -3.17. The third kappa shape index (κ3) is 5.43. The first kappa shape index (κ1) is 20.6. The van der Waals surface area contributed by atoms with Gasteiger partial charge in [0, 0.05) is 6.42 Å². The van der Waals surface area contributed by atoms with Crippen molar-refractivity contribution in [1.29, 1.82) is 0 Å². The minimum absolute atomic E-state index is 0.261. The molecule has 0 heterocycles. The van der Waals surface area contributed by atoms with Crippen molar-refractivity contribution in [3.8, 4) is 0 Å². The summed E-state index contributed by atoms with van der Waals surface area (Å²) in [5, 5.41) is 19.2. The zero-order valence-corrected chi connectivity index (χ0v) is 16.6.